The third-order valence-corrected chi connectivity index (χ3v) is 5.80. The largest absolute Gasteiger partial charge is 0.493 e. The van der Waals surface area contributed by atoms with Gasteiger partial charge in [0.15, 0.2) is 0 Å². The Morgan fingerprint density at radius 1 is 1.25 bits per heavy atom. The van der Waals surface area contributed by atoms with E-state index in [-0.39, 0.29) is 30.9 Å². The number of fused-ring (bicyclic) bond motifs is 1. The van der Waals surface area contributed by atoms with Crippen LogP contribution in [0.2, 0.25) is 0 Å². The van der Waals surface area contributed by atoms with E-state index in [0.717, 1.165) is 44.4 Å². The second kappa shape index (κ2) is 12.4. The number of pyridine rings is 1. The summed E-state index contributed by atoms with van der Waals surface area (Å²) in [4.78, 5) is 32.4. The summed E-state index contributed by atoms with van der Waals surface area (Å²) in [5.41, 5.74) is 2.50. The van der Waals surface area contributed by atoms with Crippen LogP contribution in [0.3, 0.4) is 0 Å². The van der Waals surface area contributed by atoms with Crippen LogP contribution in [0, 0.1) is 0 Å². The van der Waals surface area contributed by atoms with Crippen LogP contribution in [-0.4, -0.2) is 58.4 Å². The highest BCUT2D eigenvalue weighted by Crippen LogP contribution is 2.29. The molecule has 1 aromatic heterocycles. The standard InChI is InChI=1S/C26H31N3O5.2ClH/c1-26(2,3)34-25(32)29(23-8-5-18(15-27-23)6-9-24(30)31)21-10-12-28(17-21)16-19-4-7-22-20(14-19)11-13-33-22;;/h4-9,14-15,21H,10-13,16-17H2,1-3H3,(H,30,31);2*1H/b9-6+;;/t21-;;/m1../s1. The Balaban J connectivity index is 0.00000228. The fourth-order valence-electron chi connectivity index (χ4n) is 4.31. The summed E-state index contributed by atoms with van der Waals surface area (Å²) >= 11 is 0. The Bertz CT molecular complexity index is 1090. The van der Waals surface area contributed by atoms with E-state index in [2.05, 4.69) is 22.0 Å². The van der Waals surface area contributed by atoms with Gasteiger partial charge in [0.25, 0.3) is 0 Å². The molecule has 1 atom stereocenters. The molecule has 8 nitrogen and oxygen atoms in total. The maximum absolute atomic E-state index is 13.2. The minimum atomic E-state index is -1.03. The fourth-order valence-corrected chi connectivity index (χ4v) is 4.31. The van der Waals surface area contributed by atoms with Gasteiger partial charge in [0, 0.05) is 38.3 Å². The summed E-state index contributed by atoms with van der Waals surface area (Å²) in [5.74, 6) is 0.441. The van der Waals surface area contributed by atoms with Gasteiger partial charge in [-0.15, -0.1) is 24.8 Å². The number of aliphatic carboxylic acids is 1. The van der Waals surface area contributed by atoms with Gasteiger partial charge in [0.2, 0.25) is 0 Å². The van der Waals surface area contributed by atoms with Crippen molar-refractivity contribution < 1.29 is 24.2 Å². The van der Waals surface area contributed by atoms with Gasteiger partial charge in [-0.1, -0.05) is 12.1 Å². The number of anilines is 1. The van der Waals surface area contributed by atoms with Crippen molar-refractivity contribution in [2.24, 2.45) is 0 Å². The lowest BCUT2D eigenvalue weighted by Crippen LogP contribution is -2.45. The highest BCUT2D eigenvalue weighted by Gasteiger charge is 2.35. The molecule has 10 heteroatoms. The smallest absolute Gasteiger partial charge is 0.416 e. The van der Waals surface area contributed by atoms with Gasteiger partial charge in [0.05, 0.1) is 12.6 Å². The number of likely N-dealkylation sites (tertiary alicyclic amines) is 1. The van der Waals surface area contributed by atoms with Gasteiger partial charge < -0.3 is 14.6 Å². The van der Waals surface area contributed by atoms with Gasteiger partial charge >= 0.3 is 12.1 Å². The summed E-state index contributed by atoms with van der Waals surface area (Å²) in [7, 11) is 0. The average Bonchev–Trinajstić information content (AvgIpc) is 3.41. The molecule has 4 rings (SSSR count). The predicted octanol–water partition coefficient (Wildman–Crippen LogP) is 4.97. The number of carbonyl (C=O) groups excluding carboxylic acids is 1. The maximum atomic E-state index is 13.2. The molecule has 1 N–H and O–H groups in total. The molecule has 0 spiro atoms. The zero-order chi connectivity index (χ0) is 24.3. The van der Waals surface area contributed by atoms with Crippen molar-refractivity contribution in [3.8, 4) is 5.75 Å². The molecular formula is C26H33Cl2N3O5. The molecule has 1 aromatic carbocycles. The lowest BCUT2D eigenvalue weighted by molar-refractivity contribution is -0.131. The number of carboxylic acid groups (broad SMARTS) is 1. The molecule has 1 fully saturated rings. The molecule has 2 aliphatic rings. The van der Waals surface area contributed by atoms with Crippen molar-refractivity contribution in [3.05, 3.63) is 59.3 Å². The number of carboxylic acids is 1. The third kappa shape index (κ3) is 7.59. The van der Waals surface area contributed by atoms with E-state index in [4.69, 9.17) is 14.6 Å². The maximum Gasteiger partial charge on any atom is 0.416 e. The number of amides is 1. The Morgan fingerprint density at radius 3 is 2.69 bits per heavy atom. The molecular weight excluding hydrogens is 505 g/mol. The van der Waals surface area contributed by atoms with Crippen molar-refractivity contribution in [3.63, 3.8) is 0 Å². The number of nitrogens with zero attached hydrogens (tertiary/aromatic N) is 3. The van der Waals surface area contributed by atoms with Crippen LogP contribution in [0.4, 0.5) is 10.6 Å². The van der Waals surface area contributed by atoms with Gasteiger partial charge in [-0.2, -0.15) is 0 Å². The Morgan fingerprint density at radius 2 is 2.03 bits per heavy atom. The molecule has 2 aliphatic heterocycles. The third-order valence-electron chi connectivity index (χ3n) is 5.80. The first-order valence-electron chi connectivity index (χ1n) is 11.5. The van der Waals surface area contributed by atoms with Gasteiger partial charge in [-0.3, -0.25) is 9.80 Å². The molecule has 1 saturated heterocycles. The SMILES string of the molecule is CC(C)(C)OC(=O)N(c1ccc(/C=C/C(=O)O)cn1)[C@@H]1CCN(Cc2ccc3c(c2)CCO3)C1.Cl.Cl. The van der Waals surface area contributed by atoms with Crippen LogP contribution in [0.15, 0.2) is 42.6 Å². The number of aromatic nitrogens is 1. The van der Waals surface area contributed by atoms with Crippen LogP contribution in [-0.2, 0) is 22.5 Å². The normalized spacial score (nSPS) is 17.0. The molecule has 0 bridgehead atoms. The highest BCUT2D eigenvalue weighted by atomic mass is 35.5. The van der Waals surface area contributed by atoms with Crippen LogP contribution < -0.4 is 9.64 Å². The van der Waals surface area contributed by atoms with E-state index < -0.39 is 17.7 Å². The zero-order valence-corrected chi connectivity index (χ0v) is 22.3. The van der Waals surface area contributed by atoms with Gasteiger partial charge in [0.1, 0.15) is 17.2 Å². The van der Waals surface area contributed by atoms with E-state index >= 15 is 0 Å². The summed E-state index contributed by atoms with van der Waals surface area (Å²) in [6.45, 7) is 8.64. The summed E-state index contributed by atoms with van der Waals surface area (Å²) < 4.78 is 11.3. The molecule has 2 aromatic rings. The molecule has 0 saturated carbocycles. The number of carbonyl (C=O) groups is 2. The van der Waals surface area contributed by atoms with Crippen molar-refractivity contribution in [2.75, 3.05) is 24.6 Å². The van der Waals surface area contributed by atoms with E-state index in [0.29, 0.717) is 17.9 Å². The van der Waals surface area contributed by atoms with E-state index in [1.54, 1.807) is 23.2 Å². The average molecular weight is 538 g/mol. The molecule has 0 radical (unpaired) electrons. The van der Waals surface area contributed by atoms with E-state index in [1.807, 2.05) is 26.8 Å². The molecule has 1 amide bonds. The quantitative estimate of drug-likeness (QED) is 0.519. The first-order valence-corrected chi connectivity index (χ1v) is 11.5. The zero-order valence-electron chi connectivity index (χ0n) is 20.7. The minimum absolute atomic E-state index is 0. The second-order valence-electron chi connectivity index (χ2n) is 9.69. The van der Waals surface area contributed by atoms with Crippen molar-refractivity contribution in [1.82, 2.24) is 9.88 Å². The first-order chi connectivity index (χ1) is 16.2. The summed E-state index contributed by atoms with van der Waals surface area (Å²) in [6.07, 6.45) is 5.40. The second-order valence-corrected chi connectivity index (χ2v) is 9.69. The Kier molecular flexibility index (Phi) is 10.2. The number of halogens is 2. The lowest BCUT2D eigenvalue weighted by atomic mass is 10.1. The molecule has 0 unspecified atom stereocenters. The lowest BCUT2D eigenvalue weighted by Gasteiger charge is -2.31. The van der Waals surface area contributed by atoms with Crippen LogP contribution in [0.25, 0.3) is 6.08 Å². The number of ether oxygens (including phenoxy) is 2. The van der Waals surface area contributed by atoms with Gasteiger partial charge in [-0.25, -0.2) is 14.6 Å². The topological polar surface area (TPSA) is 92.2 Å². The van der Waals surface area contributed by atoms with Crippen LogP contribution in [0.1, 0.15) is 43.9 Å². The van der Waals surface area contributed by atoms with Crippen molar-refractivity contribution >= 4 is 48.8 Å². The predicted molar refractivity (Wildman–Crippen MR) is 143 cm³/mol. The number of benzene rings is 1. The summed E-state index contributed by atoms with van der Waals surface area (Å²) in [6, 6.07) is 9.76. The Hall–Kier alpha value is -2.81. The van der Waals surface area contributed by atoms with E-state index in [9.17, 15) is 9.59 Å². The fraction of sp³-hybridized carbons (Fsp3) is 0.423. The number of hydrogen-bond acceptors (Lipinski definition) is 6. The number of hydrogen-bond donors (Lipinski definition) is 1. The number of rotatable bonds is 6. The Labute approximate surface area is 224 Å². The van der Waals surface area contributed by atoms with Gasteiger partial charge in [-0.05, 0) is 68.2 Å². The van der Waals surface area contributed by atoms with Crippen molar-refractivity contribution in [1.29, 1.82) is 0 Å². The molecule has 3 heterocycles. The minimum Gasteiger partial charge on any atom is -0.493 e. The summed E-state index contributed by atoms with van der Waals surface area (Å²) in [5, 5.41) is 8.83. The molecule has 36 heavy (non-hydrogen) atoms. The van der Waals surface area contributed by atoms with Crippen LogP contribution in [0.5, 0.6) is 5.75 Å². The molecule has 196 valence electrons. The first kappa shape index (κ1) is 29.4. The van der Waals surface area contributed by atoms with E-state index in [1.165, 1.54) is 17.2 Å². The highest BCUT2D eigenvalue weighted by molar-refractivity contribution is 5.88. The van der Waals surface area contributed by atoms with Crippen molar-refractivity contribution in [2.45, 2.75) is 51.8 Å². The molecule has 0 aliphatic carbocycles. The monoisotopic (exact) mass is 537 g/mol. The van der Waals surface area contributed by atoms with Crippen LogP contribution >= 0.6 is 24.8 Å².